The summed E-state index contributed by atoms with van der Waals surface area (Å²) in [4.78, 5) is 58.7. The Bertz CT molecular complexity index is 647. The van der Waals surface area contributed by atoms with Gasteiger partial charge in [-0.25, -0.2) is 4.79 Å². The lowest BCUT2D eigenvalue weighted by atomic mass is 10.1. The zero-order valence-corrected chi connectivity index (χ0v) is 18.1. The monoisotopic (exact) mass is 466 g/mol. The quantitative estimate of drug-likeness (QED) is 0.120. The van der Waals surface area contributed by atoms with Gasteiger partial charge in [0.05, 0.1) is 18.8 Å². The van der Waals surface area contributed by atoms with Crippen LogP contribution in [0.15, 0.2) is 0 Å². The number of thioether (sulfide) groups is 1. The molecule has 0 aromatic rings. The first kappa shape index (κ1) is 28.6. The van der Waals surface area contributed by atoms with E-state index in [1.807, 2.05) is 5.32 Å². The fourth-order valence-corrected chi connectivity index (χ4v) is 2.77. The average Bonchev–Trinajstić information content (AvgIpc) is 2.69. The summed E-state index contributed by atoms with van der Waals surface area (Å²) in [5.41, 5.74) is 5.63. The number of rotatable bonds is 15. The van der Waals surface area contributed by atoms with Gasteiger partial charge in [0.1, 0.15) is 12.1 Å². The molecule has 0 aromatic heterocycles. The minimum atomic E-state index is -1.65. The summed E-state index contributed by atoms with van der Waals surface area (Å²) in [6.07, 6.45) is 0.00127. The molecule has 9 N–H and O–H groups in total. The number of hydrogen-bond acceptors (Lipinski definition) is 9. The molecular formula is C17H30N4O9S. The van der Waals surface area contributed by atoms with E-state index >= 15 is 0 Å². The van der Waals surface area contributed by atoms with Crippen LogP contribution in [0.5, 0.6) is 0 Å². The van der Waals surface area contributed by atoms with Gasteiger partial charge in [0.25, 0.3) is 0 Å². The van der Waals surface area contributed by atoms with E-state index in [9.17, 15) is 34.2 Å². The number of nitrogens with one attached hydrogen (secondary N) is 3. The standard InChI is InChI=1S/C17H30N4O9S/c1-8(23)13(17(29)30)21-16(28)11(7-22)20-15(27)10(5-6-31-2)19-14(26)9(18)3-4-12(24)25/h8-11,13,22-23H,3-7,18H2,1-2H3,(H,19,26)(H,20,27)(H,21,28)(H,24,25)(H,29,30). The highest BCUT2D eigenvalue weighted by molar-refractivity contribution is 7.98. The highest BCUT2D eigenvalue weighted by atomic mass is 32.2. The van der Waals surface area contributed by atoms with Crippen molar-refractivity contribution in [1.82, 2.24) is 16.0 Å². The van der Waals surface area contributed by atoms with E-state index in [0.29, 0.717) is 5.75 Å². The second-order valence-electron chi connectivity index (χ2n) is 6.69. The zero-order chi connectivity index (χ0) is 24.1. The first-order chi connectivity index (χ1) is 14.4. The number of hydrogen-bond donors (Lipinski definition) is 8. The number of aliphatic hydroxyl groups excluding tert-OH is 2. The van der Waals surface area contributed by atoms with Crippen molar-refractivity contribution in [2.75, 3.05) is 18.6 Å². The fraction of sp³-hybridized carbons (Fsp3) is 0.706. The Labute approximate surface area is 183 Å². The smallest absolute Gasteiger partial charge is 0.328 e. The maximum atomic E-state index is 12.6. The van der Waals surface area contributed by atoms with Gasteiger partial charge in [0, 0.05) is 6.42 Å². The van der Waals surface area contributed by atoms with Gasteiger partial charge in [0.2, 0.25) is 17.7 Å². The molecule has 178 valence electrons. The molecule has 31 heavy (non-hydrogen) atoms. The molecule has 0 saturated heterocycles. The van der Waals surface area contributed by atoms with Crippen LogP contribution in [0.2, 0.25) is 0 Å². The minimum Gasteiger partial charge on any atom is -0.481 e. The van der Waals surface area contributed by atoms with Crippen molar-refractivity contribution in [3.05, 3.63) is 0 Å². The molecule has 0 spiro atoms. The molecule has 0 rings (SSSR count). The minimum absolute atomic E-state index is 0.143. The van der Waals surface area contributed by atoms with Crippen LogP contribution in [0.4, 0.5) is 0 Å². The molecule has 0 bridgehead atoms. The van der Waals surface area contributed by atoms with Crippen molar-refractivity contribution in [3.63, 3.8) is 0 Å². The highest BCUT2D eigenvalue weighted by Gasteiger charge is 2.31. The highest BCUT2D eigenvalue weighted by Crippen LogP contribution is 2.04. The molecule has 3 amide bonds. The van der Waals surface area contributed by atoms with Gasteiger partial charge in [-0.05, 0) is 31.8 Å². The van der Waals surface area contributed by atoms with Crippen LogP contribution in [0, 0.1) is 0 Å². The molecule has 5 unspecified atom stereocenters. The fourth-order valence-electron chi connectivity index (χ4n) is 2.30. The Hall–Kier alpha value is -2.42. The Morgan fingerprint density at radius 2 is 1.48 bits per heavy atom. The number of carboxylic acids is 2. The summed E-state index contributed by atoms with van der Waals surface area (Å²) in [7, 11) is 0. The number of nitrogens with two attached hydrogens (primary N) is 1. The third-order valence-electron chi connectivity index (χ3n) is 4.11. The molecule has 14 heteroatoms. The van der Waals surface area contributed by atoms with Crippen molar-refractivity contribution in [1.29, 1.82) is 0 Å². The van der Waals surface area contributed by atoms with Crippen LogP contribution in [0.3, 0.4) is 0 Å². The summed E-state index contributed by atoms with van der Waals surface area (Å²) in [6, 6.07) is -5.50. The third-order valence-corrected chi connectivity index (χ3v) is 4.76. The van der Waals surface area contributed by atoms with E-state index in [1.165, 1.54) is 11.8 Å². The van der Waals surface area contributed by atoms with E-state index in [1.54, 1.807) is 6.26 Å². The van der Waals surface area contributed by atoms with E-state index in [2.05, 4.69) is 10.6 Å². The molecular weight excluding hydrogens is 436 g/mol. The van der Waals surface area contributed by atoms with Crippen LogP contribution < -0.4 is 21.7 Å². The lowest BCUT2D eigenvalue weighted by Crippen LogP contribution is -2.59. The first-order valence-corrected chi connectivity index (χ1v) is 10.7. The number of carbonyl (C=O) groups excluding carboxylic acids is 3. The maximum absolute atomic E-state index is 12.6. The Morgan fingerprint density at radius 3 is 1.94 bits per heavy atom. The lowest BCUT2D eigenvalue weighted by molar-refractivity contribution is -0.145. The predicted molar refractivity (Wildman–Crippen MR) is 110 cm³/mol. The molecule has 0 radical (unpaired) electrons. The Balaban J connectivity index is 5.16. The van der Waals surface area contributed by atoms with Gasteiger partial charge in [-0.2, -0.15) is 11.8 Å². The first-order valence-electron chi connectivity index (χ1n) is 9.33. The van der Waals surface area contributed by atoms with Gasteiger partial charge in [-0.1, -0.05) is 0 Å². The van der Waals surface area contributed by atoms with Crippen LogP contribution in [-0.4, -0.2) is 99.0 Å². The topological polar surface area (TPSA) is 228 Å². The van der Waals surface area contributed by atoms with Gasteiger partial charge in [0.15, 0.2) is 6.04 Å². The molecule has 0 heterocycles. The normalized spacial score (nSPS) is 15.6. The maximum Gasteiger partial charge on any atom is 0.328 e. The lowest BCUT2D eigenvalue weighted by Gasteiger charge is -2.24. The van der Waals surface area contributed by atoms with Gasteiger partial charge >= 0.3 is 11.9 Å². The van der Waals surface area contributed by atoms with Crippen LogP contribution in [0.1, 0.15) is 26.2 Å². The van der Waals surface area contributed by atoms with E-state index in [4.69, 9.17) is 15.9 Å². The number of carbonyl (C=O) groups is 5. The number of aliphatic hydroxyl groups is 2. The molecule has 0 aliphatic carbocycles. The number of carboxylic acid groups (broad SMARTS) is 2. The summed E-state index contributed by atoms with van der Waals surface area (Å²) in [5, 5.41) is 43.2. The number of amides is 3. The molecule has 13 nitrogen and oxygen atoms in total. The van der Waals surface area contributed by atoms with Crippen LogP contribution in [0.25, 0.3) is 0 Å². The summed E-state index contributed by atoms with van der Waals surface area (Å²) < 4.78 is 0. The summed E-state index contributed by atoms with van der Waals surface area (Å²) in [5.74, 6) is -4.82. The molecule has 0 aromatic carbocycles. The second kappa shape index (κ2) is 14.6. The van der Waals surface area contributed by atoms with E-state index in [0.717, 1.165) is 6.92 Å². The second-order valence-corrected chi connectivity index (χ2v) is 7.68. The van der Waals surface area contributed by atoms with Crippen molar-refractivity contribution in [2.45, 2.75) is 56.5 Å². The van der Waals surface area contributed by atoms with E-state index in [-0.39, 0.29) is 19.3 Å². The third kappa shape index (κ3) is 11.0. The van der Waals surface area contributed by atoms with Crippen molar-refractivity contribution in [3.8, 4) is 0 Å². The van der Waals surface area contributed by atoms with E-state index < -0.39 is 66.5 Å². The number of aliphatic carboxylic acids is 2. The molecule has 0 fully saturated rings. The molecule has 0 aliphatic rings. The molecule has 5 atom stereocenters. The molecule has 0 saturated carbocycles. The SMILES string of the molecule is CSCCC(NC(=O)C(N)CCC(=O)O)C(=O)NC(CO)C(=O)NC(C(=O)O)C(C)O. The van der Waals surface area contributed by atoms with Gasteiger partial charge in [-0.3, -0.25) is 19.2 Å². The predicted octanol–water partition coefficient (Wildman–Crippen LogP) is -3.16. The van der Waals surface area contributed by atoms with Crippen LogP contribution >= 0.6 is 11.8 Å². The Morgan fingerprint density at radius 1 is 0.935 bits per heavy atom. The summed E-state index contributed by atoms with van der Waals surface area (Å²) >= 11 is 1.38. The summed E-state index contributed by atoms with van der Waals surface area (Å²) in [6.45, 7) is 0.276. The van der Waals surface area contributed by atoms with Crippen molar-refractivity contribution in [2.24, 2.45) is 5.73 Å². The average molecular weight is 467 g/mol. The zero-order valence-electron chi connectivity index (χ0n) is 17.2. The van der Waals surface area contributed by atoms with Gasteiger partial charge < -0.3 is 42.1 Å². The van der Waals surface area contributed by atoms with Crippen molar-refractivity contribution < 1.29 is 44.4 Å². The Kier molecular flexibility index (Phi) is 13.4. The largest absolute Gasteiger partial charge is 0.481 e. The van der Waals surface area contributed by atoms with Gasteiger partial charge in [-0.15, -0.1) is 0 Å². The van der Waals surface area contributed by atoms with Crippen LogP contribution in [-0.2, 0) is 24.0 Å². The van der Waals surface area contributed by atoms with Crippen molar-refractivity contribution >= 4 is 41.4 Å². The molecule has 0 aliphatic heterocycles.